The van der Waals surface area contributed by atoms with Gasteiger partial charge in [0.1, 0.15) is 0 Å². The van der Waals surface area contributed by atoms with E-state index < -0.39 is 5.97 Å². The van der Waals surface area contributed by atoms with Crippen LogP contribution in [0.5, 0.6) is 0 Å². The van der Waals surface area contributed by atoms with Crippen molar-refractivity contribution < 1.29 is 9.90 Å². The van der Waals surface area contributed by atoms with Crippen molar-refractivity contribution >= 4 is 11.5 Å². The molecule has 0 saturated carbocycles. The molecule has 0 saturated heterocycles. The van der Waals surface area contributed by atoms with E-state index in [9.17, 15) is 4.79 Å². The molecular formula is C18H20N2O2. The molecule has 0 aromatic carbocycles. The van der Waals surface area contributed by atoms with Gasteiger partial charge in [-0.05, 0) is 43.5 Å². The molecule has 0 fully saturated rings. The molecular weight excluding hydrogens is 276 g/mol. The molecule has 2 aromatic heterocycles. The lowest BCUT2D eigenvalue weighted by Crippen LogP contribution is -1.95. The molecule has 4 nitrogen and oxygen atoms in total. The van der Waals surface area contributed by atoms with Crippen LogP contribution in [0.4, 0.5) is 0 Å². The zero-order chi connectivity index (χ0) is 15.6. The lowest BCUT2D eigenvalue weighted by Gasteiger charge is -2.06. The second-order valence-electron chi connectivity index (χ2n) is 5.04. The largest absolute Gasteiger partial charge is 0.481 e. The molecule has 22 heavy (non-hydrogen) atoms. The number of allylic oxidation sites excluding steroid dienone is 1. The zero-order valence-electron chi connectivity index (χ0n) is 12.5. The first-order valence-electron chi connectivity index (χ1n) is 7.52. The monoisotopic (exact) mass is 296 g/mol. The Hall–Kier alpha value is -2.49. The third-order valence-electron chi connectivity index (χ3n) is 3.32. The molecule has 1 N–H and O–H groups in total. The number of hydrogen-bond acceptors (Lipinski definition) is 3. The summed E-state index contributed by atoms with van der Waals surface area (Å²) in [6, 6.07) is 11.7. The standard InChI is InChI=1S/C18H20N2O2/c21-18(22)12-4-2-1-3-9-15(16-10-5-7-13-19-16)17-11-6-8-14-20-17/h5-11,13-14H,1-4,12H2,(H,21,22). The summed E-state index contributed by atoms with van der Waals surface area (Å²) in [7, 11) is 0. The first kappa shape index (κ1) is 15.9. The quantitative estimate of drug-likeness (QED) is 0.749. The van der Waals surface area contributed by atoms with Crippen LogP contribution in [0.15, 0.2) is 54.9 Å². The summed E-state index contributed by atoms with van der Waals surface area (Å²) in [4.78, 5) is 19.3. The Morgan fingerprint density at radius 1 is 0.955 bits per heavy atom. The van der Waals surface area contributed by atoms with E-state index >= 15 is 0 Å². The third-order valence-corrected chi connectivity index (χ3v) is 3.32. The van der Waals surface area contributed by atoms with Crippen LogP contribution < -0.4 is 0 Å². The van der Waals surface area contributed by atoms with Gasteiger partial charge < -0.3 is 5.11 Å². The average molecular weight is 296 g/mol. The summed E-state index contributed by atoms with van der Waals surface area (Å²) in [5.41, 5.74) is 2.85. The van der Waals surface area contributed by atoms with Crippen molar-refractivity contribution in [3.05, 3.63) is 66.3 Å². The van der Waals surface area contributed by atoms with Gasteiger partial charge in [-0.25, -0.2) is 0 Å². The molecule has 114 valence electrons. The number of carboxylic acids is 1. The highest BCUT2D eigenvalue weighted by atomic mass is 16.4. The minimum Gasteiger partial charge on any atom is -0.481 e. The molecule has 0 radical (unpaired) electrons. The van der Waals surface area contributed by atoms with Crippen molar-refractivity contribution in [3.63, 3.8) is 0 Å². The lowest BCUT2D eigenvalue weighted by atomic mass is 10.0. The van der Waals surface area contributed by atoms with E-state index in [1.54, 1.807) is 12.4 Å². The van der Waals surface area contributed by atoms with Crippen LogP contribution in [0.25, 0.3) is 5.57 Å². The van der Waals surface area contributed by atoms with E-state index in [2.05, 4.69) is 16.0 Å². The van der Waals surface area contributed by atoms with Crippen molar-refractivity contribution in [3.8, 4) is 0 Å². The summed E-state index contributed by atoms with van der Waals surface area (Å²) >= 11 is 0. The maximum absolute atomic E-state index is 10.5. The van der Waals surface area contributed by atoms with E-state index in [4.69, 9.17) is 5.11 Å². The third kappa shape index (κ3) is 5.13. The molecule has 0 aliphatic rings. The molecule has 2 rings (SSSR count). The Labute approximate surface area is 130 Å². The highest BCUT2D eigenvalue weighted by Gasteiger charge is 2.06. The van der Waals surface area contributed by atoms with Gasteiger partial charge in [0.15, 0.2) is 0 Å². The van der Waals surface area contributed by atoms with E-state index in [0.29, 0.717) is 0 Å². The van der Waals surface area contributed by atoms with Gasteiger partial charge in [-0.2, -0.15) is 0 Å². The van der Waals surface area contributed by atoms with Gasteiger partial charge in [0.05, 0.1) is 11.4 Å². The Morgan fingerprint density at radius 2 is 1.59 bits per heavy atom. The fourth-order valence-electron chi connectivity index (χ4n) is 2.23. The van der Waals surface area contributed by atoms with E-state index in [1.807, 2.05) is 36.4 Å². The molecule has 0 atom stereocenters. The summed E-state index contributed by atoms with van der Waals surface area (Å²) < 4.78 is 0. The molecule has 0 unspecified atom stereocenters. The predicted octanol–water partition coefficient (Wildman–Crippen LogP) is 3.94. The van der Waals surface area contributed by atoms with Gasteiger partial charge in [0.25, 0.3) is 0 Å². The van der Waals surface area contributed by atoms with Crippen molar-refractivity contribution in [1.82, 2.24) is 9.97 Å². The number of unbranched alkanes of at least 4 members (excludes halogenated alkanes) is 3. The summed E-state index contributed by atoms with van der Waals surface area (Å²) in [6.07, 6.45) is 9.45. The van der Waals surface area contributed by atoms with Gasteiger partial charge in [0, 0.05) is 24.4 Å². The average Bonchev–Trinajstić information content (AvgIpc) is 2.55. The van der Waals surface area contributed by atoms with Crippen LogP contribution >= 0.6 is 0 Å². The maximum Gasteiger partial charge on any atom is 0.303 e. The Morgan fingerprint density at radius 3 is 2.09 bits per heavy atom. The SMILES string of the molecule is O=C(O)CCCCCC=C(c1ccccn1)c1ccccn1. The second kappa shape index (κ2) is 8.72. The van der Waals surface area contributed by atoms with Crippen LogP contribution in [0, 0.1) is 0 Å². The molecule has 4 heteroatoms. The van der Waals surface area contributed by atoms with Gasteiger partial charge in [-0.1, -0.05) is 24.6 Å². The zero-order valence-corrected chi connectivity index (χ0v) is 12.5. The van der Waals surface area contributed by atoms with Gasteiger partial charge in [-0.15, -0.1) is 0 Å². The Bertz CT molecular complexity index is 568. The van der Waals surface area contributed by atoms with Crippen molar-refractivity contribution in [2.24, 2.45) is 0 Å². The highest BCUT2D eigenvalue weighted by Crippen LogP contribution is 2.21. The minimum atomic E-state index is -0.724. The maximum atomic E-state index is 10.5. The minimum absolute atomic E-state index is 0.247. The van der Waals surface area contributed by atoms with Crippen LogP contribution in [-0.4, -0.2) is 21.0 Å². The normalized spacial score (nSPS) is 10.2. The first-order chi connectivity index (χ1) is 10.8. The number of aliphatic carboxylic acids is 1. The summed E-state index contributed by atoms with van der Waals surface area (Å²) in [5.74, 6) is -0.724. The number of nitrogens with zero attached hydrogens (tertiary/aromatic N) is 2. The van der Waals surface area contributed by atoms with Crippen molar-refractivity contribution in [1.29, 1.82) is 0 Å². The fourth-order valence-corrected chi connectivity index (χ4v) is 2.23. The lowest BCUT2D eigenvalue weighted by molar-refractivity contribution is -0.137. The van der Waals surface area contributed by atoms with Crippen molar-refractivity contribution in [2.45, 2.75) is 32.1 Å². The molecule has 2 heterocycles. The second-order valence-corrected chi connectivity index (χ2v) is 5.04. The smallest absolute Gasteiger partial charge is 0.303 e. The number of aromatic nitrogens is 2. The van der Waals surface area contributed by atoms with Crippen LogP contribution in [0.1, 0.15) is 43.5 Å². The number of carboxylic acid groups (broad SMARTS) is 1. The molecule has 0 amide bonds. The van der Waals surface area contributed by atoms with Crippen LogP contribution in [-0.2, 0) is 4.79 Å². The molecule has 0 aliphatic heterocycles. The molecule has 0 bridgehead atoms. The van der Waals surface area contributed by atoms with E-state index in [0.717, 1.165) is 42.6 Å². The van der Waals surface area contributed by atoms with Crippen LogP contribution in [0.3, 0.4) is 0 Å². The number of hydrogen-bond donors (Lipinski definition) is 1. The van der Waals surface area contributed by atoms with Gasteiger partial charge in [0.2, 0.25) is 0 Å². The molecule has 0 spiro atoms. The number of rotatable bonds is 8. The number of pyridine rings is 2. The summed E-state index contributed by atoms with van der Waals surface area (Å²) in [5, 5.41) is 8.63. The molecule has 0 aliphatic carbocycles. The fraction of sp³-hybridized carbons (Fsp3) is 0.278. The van der Waals surface area contributed by atoms with Crippen molar-refractivity contribution in [2.75, 3.05) is 0 Å². The first-order valence-corrected chi connectivity index (χ1v) is 7.52. The summed E-state index contributed by atoms with van der Waals surface area (Å²) in [6.45, 7) is 0. The number of carbonyl (C=O) groups is 1. The highest BCUT2D eigenvalue weighted by molar-refractivity contribution is 5.75. The van der Waals surface area contributed by atoms with Gasteiger partial charge in [-0.3, -0.25) is 14.8 Å². The van der Waals surface area contributed by atoms with E-state index in [1.165, 1.54) is 0 Å². The Kier molecular flexibility index (Phi) is 6.30. The van der Waals surface area contributed by atoms with Gasteiger partial charge >= 0.3 is 5.97 Å². The van der Waals surface area contributed by atoms with Crippen LogP contribution in [0.2, 0.25) is 0 Å². The van der Waals surface area contributed by atoms with E-state index in [-0.39, 0.29) is 6.42 Å². The topological polar surface area (TPSA) is 63.1 Å². The molecule has 2 aromatic rings. The predicted molar refractivity (Wildman–Crippen MR) is 86.3 cm³/mol. The Balaban J connectivity index is 2.02.